The van der Waals surface area contributed by atoms with Crippen LogP contribution in [0.3, 0.4) is 0 Å². The zero-order chi connectivity index (χ0) is 14.7. The number of aromatic nitrogens is 1. The van der Waals surface area contributed by atoms with Gasteiger partial charge in [0.25, 0.3) is 0 Å². The van der Waals surface area contributed by atoms with E-state index in [1.165, 1.54) is 0 Å². The SMILES string of the molecule is CCNc1c(C#N)cnc2ccc(-c3ccccc3)cc12. The van der Waals surface area contributed by atoms with Gasteiger partial charge in [-0.3, -0.25) is 4.98 Å². The number of nitrogens with one attached hydrogen (secondary N) is 1. The Bertz CT molecular complexity index is 817. The normalized spacial score (nSPS) is 10.3. The molecule has 0 unspecified atom stereocenters. The summed E-state index contributed by atoms with van der Waals surface area (Å²) in [6, 6.07) is 18.6. The number of pyridine rings is 1. The van der Waals surface area contributed by atoms with Gasteiger partial charge in [0.05, 0.1) is 16.8 Å². The summed E-state index contributed by atoms with van der Waals surface area (Å²) in [5, 5.41) is 13.5. The molecule has 3 heteroatoms. The van der Waals surface area contributed by atoms with Gasteiger partial charge < -0.3 is 5.32 Å². The molecular weight excluding hydrogens is 258 g/mol. The Balaban J connectivity index is 2.24. The molecule has 3 aromatic rings. The van der Waals surface area contributed by atoms with Crippen LogP contribution < -0.4 is 5.32 Å². The zero-order valence-electron chi connectivity index (χ0n) is 11.8. The van der Waals surface area contributed by atoms with Gasteiger partial charge in [-0.1, -0.05) is 36.4 Å². The molecule has 2 aromatic carbocycles. The monoisotopic (exact) mass is 273 g/mol. The van der Waals surface area contributed by atoms with E-state index in [2.05, 4.69) is 40.6 Å². The fraction of sp³-hybridized carbons (Fsp3) is 0.111. The highest BCUT2D eigenvalue weighted by atomic mass is 14.9. The average Bonchev–Trinajstić information content (AvgIpc) is 2.56. The predicted octanol–water partition coefficient (Wildman–Crippen LogP) is 4.21. The van der Waals surface area contributed by atoms with Gasteiger partial charge in [-0.2, -0.15) is 5.26 Å². The van der Waals surface area contributed by atoms with Gasteiger partial charge in [0.1, 0.15) is 6.07 Å². The first-order valence-corrected chi connectivity index (χ1v) is 6.95. The lowest BCUT2D eigenvalue weighted by atomic mass is 10.0. The molecule has 0 saturated carbocycles. The van der Waals surface area contributed by atoms with Crippen LogP contribution in [0.5, 0.6) is 0 Å². The van der Waals surface area contributed by atoms with Crippen molar-refractivity contribution in [2.75, 3.05) is 11.9 Å². The van der Waals surface area contributed by atoms with Crippen LogP contribution in [0.4, 0.5) is 5.69 Å². The van der Waals surface area contributed by atoms with Crippen LogP contribution in [0, 0.1) is 11.3 Å². The van der Waals surface area contributed by atoms with E-state index in [0.29, 0.717) is 5.56 Å². The van der Waals surface area contributed by atoms with Gasteiger partial charge in [0.15, 0.2) is 0 Å². The molecule has 1 heterocycles. The van der Waals surface area contributed by atoms with Crippen LogP contribution in [0.2, 0.25) is 0 Å². The Morgan fingerprint density at radius 1 is 1.10 bits per heavy atom. The molecule has 3 nitrogen and oxygen atoms in total. The Kier molecular flexibility index (Phi) is 3.53. The number of fused-ring (bicyclic) bond motifs is 1. The van der Waals surface area contributed by atoms with Crippen molar-refractivity contribution in [2.24, 2.45) is 0 Å². The van der Waals surface area contributed by atoms with Gasteiger partial charge in [0, 0.05) is 18.1 Å². The summed E-state index contributed by atoms with van der Waals surface area (Å²) in [6.45, 7) is 2.79. The van der Waals surface area contributed by atoms with E-state index in [4.69, 9.17) is 0 Å². The van der Waals surface area contributed by atoms with Gasteiger partial charge in [-0.05, 0) is 30.2 Å². The van der Waals surface area contributed by atoms with Crippen LogP contribution in [0.1, 0.15) is 12.5 Å². The second-order valence-corrected chi connectivity index (χ2v) is 4.79. The van der Waals surface area contributed by atoms with Crippen molar-refractivity contribution in [3.63, 3.8) is 0 Å². The number of nitrogens with zero attached hydrogens (tertiary/aromatic N) is 2. The second-order valence-electron chi connectivity index (χ2n) is 4.79. The van der Waals surface area contributed by atoms with E-state index in [-0.39, 0.29) is 0 Å². The van der Waals surface area contributed by atoms with Crippen molar-refractivity contribution in [3.8, 4) is 17.2 Å². The summed E-state index contributed by atoms with van der Waals surface area (Å²) < 4.78 is 0. The molecule has 0 aliphatic rings. The quantitative estimate of drug-likeness (QED) is 0.777. The van der Waals surface area contributed by atoms with Crippen molar-refractivity contribution in [1.82, 2.24) is 4.98 Å². The number of hydrogen-bond donors (Lipinski definition) is 1. The molecular formula is C18H15N3. The molecule has 0 aliphatic carbocycles. The summed E-state index contributed by atoms with van der Waals surface area (Å²) in [5.41, 5.74) is 4.62. The second kappa shape index (κ2) is 5.64. The number of rotatable bonds is 3. The standard InChI is InChI=1S/C18H15N3/c1-2-20-18-15(11-19)12-21-17-9-8-14(10-16(17)18)13-6-4-3-5-7-13/h3-10,12H,2H2,1H3,(H,20,21). The van der Waals surface area contributed by atoms with E-state index in [1.807, 2.05) is 31.2 Å². The van der Waals surface area contributed by atoms with Gasteiger partial charge in [-0.15, -0.1) is 0 Å². The topological polar surface area (TPSA) is 48.7 Å². The lowest BCUT2D eigenvalue weighted by Crippen LogP contribution is -2.01. The largest absolute Gasteiger partial charge is 0.384 e. The van der Waals surface area contributed by atoms with Crippen molar-refractivity contribution in [1.29, 1.82) is 5.26 Å². The van der Waals surface area contributed by atoms with Crippen LogP contribution >= 0.6 is 0 Å². The maximum Gasteiger partial charge on any atom is 0.103 e. The molecule has 0 saturated heterocycles. The van der Waals surface area contributed by atoms with E-state index >= 15 is 0 Å². The smallest absolute Gasteiger partial charge is 0.103 e. The summed E-state index contributed by atoms with van der Waals surface area (Å²) in [4.78, 5) is 4.37. The minimum absolute atomic E-state index is 0.578. The summed E-state index contributed by atoms with van der Waals surface area (Å²) in [5.74, 6) is 0. The molecule has 1 aromatic heterocycles. The third-order valence-corrected chi connectivity index (χ3v) is 3.45. The van der Waals surface area contributed by atoms with Crippen LogP contribution in [0.25, 0.3) is 22.0 Å². The van der Waals surface area contributed by atoms with E-state index in [1.54, 1.807) is 6.20 Å². The van der Waals surface area contributed by atoms with Gasteiger partial charge in [-0.25, -0.2) is 0 Å². The van der Waals surface area contributed by atoms with Gasteiger partial charge >= 0.3 is 0 Å². The number of benzene rings is 2. The van der Waals surface area contributed by atoms with E-state index in [9.17, 15) is 5.26 Å². The average molecular weight is 273 g/mol. The Labute approximate surface area is 123 Å². The molecule has 0 bridgehead atoms. The van der Waals surface area contributed by atoms with Gasteiger partial charge in [0.2, 0.25) is 0 Å². The van der Waals surface area contributed by atoms with Crippen LogP contribution in [0.15, 0.2) is 54.7 Å². The first-order chi connectivity index (χ1) is 10.3. The molecule has 102 valence electrons. The molecule has 1 N–H and O–H groups in total. The zero-order valence-corrected chi connectivity index (χ0v) is 11.8. The maximum atomic E-state index is 9.26. The molecule has 0 spiro atoms. The third kappa shape index (κ3) is 2.44. The third-order valence-electron chi connectivity index (χ3n) is 3.45. The predicted molar refractivity (Wildman–Crippen MR) is 86.1 cm³/mol. The molecule has 0 radical (unpaired) electrons. The highest BCUT2D eigenvalue weighted by molar-refractivity contribution is 5.96. The van der Waals surface area contributed by atoms with E-state index < -0.39 is 0 Å². The number of hydrogen-bond acceptors (Lipinski definition) is 3. The van der Waals surface area contributed by atoms with Crippen LogP contribution in [-0.4, -0.2) is 11.5 Å². The Hall–Kier alpha value is -2.86. The Morgan fingerprint density at radius 2 is 1.90 bits per heavy atom. The molecule has 3 rings (SSSR count). The first-order valence-electron chi connectivity index (χ1n) is 6.95. The minimum atomic E-state index is 0.578. The lowest BCUT2D eigenvalue weighted by Gasteiger charge is -2.11. The first kappa shape index (κ1) is 13.1. The Morgan fingerprint density at radius 3 is 2.62 bits per heavy atom. The molecule has 0 aliphatic heterocycles. The van der Waals surface area contributed by atoms with Crippen molar-refractivity contribution in [3.05, 3.63) is 60.3 Å². The maximum absolute atomic E-state index is 9.26. The fourth-order valence-corrected chi connectivity index (χ4v) is 2.45. The highest BCUT2D eigenvalue weighted by Crippen LogP contribution is 2.30. The highest BCUT2D eigenvalue weighted by Gasteiger charge is 2.09. The number of nitriles is 1. The fourth-order valence-electron chi connectivity index (χ4n) is 2.45. The van der Waals surface area contributed by atoms with Crippen molar-refractivity contribution < 1.29 is 0 Å². The number of anilines is 1. The summed E-state index contributed by atoms with van der Waals surface area (Å²) in [6.07, 6.45) is 1.63. The molecule has 0 atom stereocenters. The van der Waals surface area contributed by atoms with Crippen molar-refractivity contribution in [2.45, 2.75) is 6.92 Å². The van der Waals surface area contributed by atoms with Crippen molar-refractivity contribution >= 4 is 16.6 Å². The summed E-state index contributed by atoms with van der Waals surface area (Å²) >= 11 is 0. The van der Waals surface area contributed by atoms with Crippen LogP contribution in [-0.2, 0) is 0 Å². The van der Waals surface area contributed by atoms with E-state index in [0.717, 1.165) is 34.3 Å². The molecule has 21 heavy (non-hydrogen) atoms. The molecule has 0 amide bonds. The minimum Gasteiger partial charge on any atom is -0.384 e. The summed E-state index contributed by atoms with van der Waals surface area (Å²) in [7, 11) is 0. The molecule has 0 fully saturated rings. The lowest BCUT2D eigenvalue weighted by molar-refractivity contribution is 1.21.